The average molecular weight is 169 g/mol. The van der Waals surface area contributed by atoms with Gasteiger partial charge in [0.05, 0.1) is 0 Å². The summed E-state index contributed by atoms with van der Waals surface area (Å²) in [5, 5.41) is 3.24. The van der Waals surface area contributed by atoms with Gasteiger partial charge in [-0.1, -0.05) is 6.92 Å². The van der Waals surface area contributed by atoms with Crippen LogP contribution < -0.4 is 5.32 Å². The molecule has 0 unspecified atom stereocenters. The topological polar surface area (TPSA) is 21.3 Å². The average Bonchev–Trinajstić information content (AvgIpc) is 2.10. The molecule has 0 aliphatic heterocycles. The zero-order valence-corrected chi connectivity index (χ0v) is 7.94. The van der Waals surface area contributed by atoms with Crippen LogP contribution in [0.4, 0.5) is 0 Å². The maximum Gasteiger partial charge on any atom is 0.0478 e. The number of hydrogen-bond donors (Lipinski definition) is 1. The Kier molecular flexibility index (Phi) is 10.0. The summed E-state index contributed by atoms with van der Waals surface area (Å²) in [5.41, 5.74) is 0. The Morgan fingerprint density at radius 1 is 1.33 bits per heavy atom. The van der Waals surface area contributed by atoms with Crippen molar-refractivity contribution in [1.29, 1.82) is 0 Å². The fraction of sp³-hybridized carbons (Fsp3) is 0.800. The van der Waals surface area contributed by atoms with E-state index in [0.29, 0.717) is 0 Å². The Balaban J connectivity index is 2.78. The SMILES string of the molecule is C#CCCNCCCOCCC. The molecule has 0 aromatic carbocycles. The van der Waals surface area contributed by atoms with E-state index in [0.717, 1.165) is 45.6 Å². The quantitative estimate of drug-likeness (QED) is 0.438. The minimum atomic E-state index is 0.815. The second-order valence-electron chi connectivity index (χ2n) is 2.67. The fourth-order valence-corrected chi connectivity index (χ4v) is 0.831. The second kappa shape index (κ2) is 10.5. The number of ether oxygens (including phenoxy) is 1. The Morgan fingerprint density at radius 3 is 2.83 bits per heavy atom. The lowest BCUT2D eigenvalue weighted by molar-refractivity contribution is 0.132. The first-order valence-electron chi connectivity index (χ1n) is 4.63. The van der Waals surface area contributed by atoms with E-state index in [1.54, 1.807) is 0 Å². The molecule has 2 heteroatoms. The molecule has 1 N–H and O–H groups in total. The largest absolute Gasteiger partial charge is 0.381 e. The van der Waals surface area contributed by atoms with Crippen LogP contribution in [0.25, 0.3) is 0 Å². The Labute approximate surface area is 75.7 Å². The smallest absolute Gasteiger partial charge is 0.0478 e. The number of rotatable bonds is 8. The molecule has 0 saturated heterocycles. The molecule has 2 nitrogen and oxygen atoms in total. The van der Waals surface area contributed by atoms with Crippen molar-refractivity contribution in [2.45, 2.75) is 26.2 Å². The first-order chi connectivity index (χ1) is 5.91. The van der Waals surface area contributed by atoms with Crippen LogP contribution >= 0.6 is 0 Å². The van der Waals surface area contributed by atoms with Gasteiger partial charge in [0, 0.05) is 26.2 Å². The summed E-state index contributed by atoms with van der Waals surface area (Å²) < 4.78 is 5.31. The molecule has 70 valence electrons. The van der Waals surface area contributed by atoms with E-state index >= 15 is 0 Å². The molecule has 0 heterocycles. The van der Waals surface area contributed by atoms with E-state index in [1.807, 2.05) is 0 Å². The van der Waals surface area contributed by atoms with Gasteiger partial charge >= 0.3 is 0 Å². The van der Waals surface area contributed by atoms with Crippen LogP contribution in [0.3, 0.4) is 0 Å². The van der Waals surface area contributed by atoms with Crippen molar-refractivity contribution < 1.29 is 4.74 Å². The van der Waals surface area contributed by atoms with Gasteiger partial charge in [-0.2, -0.15) is 0 Å². The van der Waals surface area contributed by atoms with Crippen LogP contribution in [0.15, 0.2) is 0 Å². The van der Waals surface area contributed by atoms with Crippen molar-refractivity contribution in [1.82, 2.24) is 5.32 Å². The van der Waals surface area contributed by atoms with Crippen molar-refractivity contribution in [2.75, 3.05) is 26.3 Å². The molecule has 0 rings (SSSR count). The minimum Gasteiger partial charge on any atom is -0.381 e. The number of terminal acetylenes is 1. The van der Waals surface area contributed by atoms with Crippen LogP contribution in [0, 0.1) is 12.3 Å². The lowest BCUT2D eigenvalue weighted by Gasteiger charge is -2.02. The van der Waals surface area contributed by atoms with Gasteiger partial charge in [0.2, 0.25) is 0 Å². The molecular weight excluding hydrogens is 150 g/mol. The van der Waals surface area contributed by atoms with Crippen LogP contribution in [-0.2, 0) is 4.74 Å². The molecule has 0 spiro atoms. The number of hydrogen-bond acceptors (Lipinski definition) is 2. The van der Waals surface area contributed by atoms with E-state index in [1.165, 1.54) is 0 Å². The monoisotopic (exact) mass is 169 g/mol. The first-order valence-corrected chi connectivity index (χ1v) is 4.63. The minimum absolute atomic E-state index is 0.815. The Bertz CT molecular complexity index is 117. The molecule has 12 heavy (non-hydrogen) atoms. The molecule has 0 aromatic heterocycles. The summed E-state index contributed by atoms with van der Waals surface area (Å²) in [7, 11) is 0. The van der Waals surface area contributed by atoms with E-state index < -0.39 is 0 Å². The normalized spacial score (nSPS) is 9.67. The highest BCUT2D eigenvalue weighted by Gasteiger charge is 1.87. The van der Waals surface area contributed by atoms with Gasteiger partial charge in [-0.3, -0.25) is 0 Å². The van der Waals surface area contributed by atoms with Gasteiger partial charge < -0.3 is 10.1 Å². The van der Waals surface area contributed by atoms with E-state index in [9.17, 15) is 0 Å². The lowest BCUT2D eigenvalue weighted by Crippen LogP contribution is -2.17. The van der Waals surface area contributed by atoms with Gasteiger partial charge in [0.15, 0.2) is 0 Å². The maximum atomic E-state index is 5.31. The highest BCUT2D eigenvalue weighted by Crippen LogP contribution is 1.83. The second-order valence-corrected chi connectivity index (χ2v) is 2.67. The van der Waals surface area contributed by atoms with Gasteiger partial charge in [0.1, 0.15) is 0 Å². The van der Waals surface area contributed by atoms with E-state index in [4.69, 9.17) is 11.2 Å². The van der Waals surface area contributed by atoms with Crippen molar-refractivity contribution in [3.8, 4) is 12.3 Å². The summed E-state index contributed by atoms with van der Waals surface area (Å²) >= 11 is 0. The molecule has 0 amide bonds. The molecule has 0 fully saturated rings. The fourth-order valence-electron chi connectivity index (χ4n) is 0.831. The third-order valence-corrected chi connectivity index (χ3v) is 1.44. The molecule has 0 aliphatic carbocycles. The van der Waals surface area contributed by atoms with Gasteiger partial charge in [-0.05, 0) is 19.4 Å². The van der Waals surface area contributed by atoms with Crippen molar-refractivity contribution in [2.24, 2.45) is 0 Å². The highest BCUT2D eigenvalue weighted by atomic mass is 16.5. The summed E-state index contributed by atoms with van der Waals surface area (Å²) in [5.74, 6) is 2.59. The van der Waals surface area contributed by atoms with Crippen molar-refractivity contribution in [3.05, 3.63) is 0 Å². The molecule has 0 saturated carbocycles. The maximum absolute atomic E-state index is 5.31. The molecular formula is C10H19NO. The predicted molar refractivity (Wildman–Crippen MR) is 52.0 cm³/mol. The van der Waals surface area contributed by atoms with Gasteiger partial charge in [0.25, 0.3) is 0 Å². The van der Waals surface area contributed by atoms with Crippen LogP contribution in [-0.4, -0.2) is 26.3 Å². The lowest BCUT2D eigenvalue weighted by atomic mass is 10.4. The third kappa shape index (κ3) is 9.48. The van der Waals surface area contributed by atoms with Crippen LogP contribution in [0.1, 0.15) is 26.2 Å². The third-order valence-electron chi connectivity index (χ3n) is 1.44. The summed E-state index contributed by atoms with van der Waals surface area (Å²) in [6.45, 7) is 5.78. The zero-order chi connectivity index (χ0) is 9.07. The Morgan fingerprint density at radius 2 is 2.17 bits per heavy atom. The van der Waals surface area contributed by atoms with Crippen molar-refractivity contribution in [3.63, 3.8) is 0 Å². The first kappa shape index (κ1) is 11.5. The summed E-state index contributed by atoms with van der Waals surface area (Å²) in [6, 6.07) is 0. The van der Waals surface area contributed by atoms with Gasteiger partial charge in [-0.25, -0.2) is 0 Å². The van der Waals surface area contributed by atoms with E-state index in [2.05, 4.69) is 18.2 Å². The van der Waals surface area contributed by atoms with Crippen molar-refractivity contribution >= 4 is 0 Å². The standard InChI is InChI=1S/C10H19NO/c1-3-5-7-11-8-6-10-12-9-4-2/h1,11H,4-10H2,2H3. The van der Waals surface area contributed by atoms with Crippen LogP contribution in [0.5, 0.6) is 0 Å². The number of nitrogens with one attached hydrogen (secondary N) is 1. The summed E-state index contributed by atoms with van der Waals surface area (Å²) in [4.78, 5) is 0. The molecule has 0 aliphatic rings. The zero-order valence-electron chi connectivity index (χ0n) is 7.94. The van der Waals surface area contributed by atoms with Gasteiger partial charge in [-0.15, -0.1) is 12.3 Å². The molecule has 0 bridgehead atoms. The predicted octanol–water partition coefficient (Wildman–Crippen LogP) is 1.42. The summed E-state index contributed by atoms with van der Waals surface area (Å²) in [6.07, 6.45) is 8.09. The highest BCUT2D eigenvalue weighted by molar-refractivity contribution is 4.83. The molecule has 0 radical (unpaired) electrons. The van der Waals surface area contributed by atoms with Crippen LogP contribution in [0.2, 0.25) is 0 Å². The molecule has 0 aromatic rings. The molecule has 0 atom stereocenters. The Hall–Kier alpha value is -0.520. The van der Waals surface area contributed by atoms with E-state index in [-0.39, 0.29) is 0 Å².